The van der Waals surface area contributed by atoms with Crippen molar-refractivity contribution in [2.24, 2.45) is 0 Å². The van der Waals surface area contributed by atoms with Crippen molar-refractivity contribution in [2.45, 2.75) is 13.0 Å². The van der Waals surface area contributed by atoms with Gasteiger partial charge in [0.05, 0.1) is 13.3 Å². The van der Waals surface area contributed by atoms with Crippen LogP contribution in [0.25, 0.3) is 5.70 Å². The highest BCUT2D eigenvalue weighted by Gasteiger charge is 2.29. The molecule has 6 nitrogen and oxygen atoms in total. The average Bonchev–Trinajstić information content (AvgIpc) is 3.29. The van der Waals surface area contributed by atoms with E-state index < -0.39 is 0 Å². The first-order valence-corrected chi connectivity index (χ1v) is 11.2. The van der Waals surface area contributed by atoms with Gasteiger partial charge in [-0.2, -0.15) is 5.10 Å². The first-order valence-electron chi connectivity index (χ1n) is 10.9. The van der Waals surface area contributed by atoms with E-state index in [2.05, 4.69) is 21.8 Å². The third kappa shape index (κ3) is 4.16. The van der Waals surface area contributed by atoms with E-state index in [0.29, 0.717) is 16.4 Å². The Balaban J connectivity index is 1.57. The van der Waals surface area contributed by atoms with E-state index in [-0.39, 0.29) is 11.9 Å². The van der Waals surface area contributed by atoms with E-state index in [0.717, 1.165) is 33.8 Å². The molecule has 0 spiro atoms. The van der Waals surface area contributed by atoms with Crippen molar-refractivity contribution in [1.82, 2.24) is 9.78 Å². The van der Waals surface area contributed by atoms with E-state index >= 15 is 0 Å². The van der Waals surface area contributed by atoms with Crippen LogP contribution in [0.15, 0.2) is 85.1 Å². The van der Waals surface area contributed by atoms with Gasteiger partial charge in [0.25, 0.3) is 5.91 Å². The minimum Gasteiger partial charge on any atom is -0.497 e. The average molecular weight is 471 g/mol. The lowest BCUT2D eigenvalue weighted by molar-refractivity contribution is 0.102. The molecular formula is C27H23ClN4O2. The summed E-state index contributed by atoms with van der Waals surface area (Å²) in [7, 11) is 1.64. The van der Waals surface area contributed by atoms with E-state index in [4.69, 9.17) is 16.3 Å². The number of nitrogens with one attached hydrogen (secondary N) is 2. The van der Waals surface area contributed by atoms with Gasteiger partial charge in [0.15, 0.2) is 0 Å². The Labute approximate surface area is 202 Å². The molecule has 1 aliphatic rings. The fraction of sp³-hybridized carbons (Fsp3) is 0.111. The van der Waals surface area contributed by atoms with Crippen molar-refractivity contribution in [3.63, 3.8) is 0 Å². The van der Waals surface area contributed by atoms with Crippen molar-refractivity contribution in [1.29, 1.82) is 0 Å². The monoisotopic (exact) mass is 470 g/mol. The van der Waals surface area contributed by atoms with E-state index in [9.17, 15) is 4.79 Å². The van der Waals surface area contributed by atoms with Crippen LogP contribution in [-0.2, 0) is 0 Å². The number of allylic oxidation sites excluding steroid dienone is 1. The molecule has 34 heavy (non-hydrogen) atoms. The summed E-state index contributed by atoms with van der Waals surface area (Å²) in [4.78, 5) is 13.2. The van der Waals surface area contributed by atoms with Crippen LogP contribution in [0.2, 0.25) is 5.02 Å². The number of aryl methyl sites for hydroxylation is 1. The molecule has 5 rings (SSSR count). The summed E-state index contributed by atoms with van der Waals surface area (Å²) in [6.07, 6.45) is 3.63. The zero-order valence-corrected chi connectivity index (χ0v) is 19.5. The van der Waals surface area contributed by atoms with Crippen molar-refractivity contribution < 1.29 is 9.53 Å². The molecule has 0 saturated carbocycles. The van der Waals surface area contributed by atoms with Crippen LogP contribution < -0.4 is 15.4 Å². The third-order valence-corrected chi connectivity index (χ3v) is 6.14. The second-order valence-electron chi connectivity index (χ2n) is 8.08. The number of carbonyl (C=O) groups excluding carboxylic acids is 1. The summed E-state index contributed by atoms with van der Waals surface area (Å²) in [5, 5.41) is 11.6. The maximum atomic E-state index is 13.2. The lowest BCUT2D eigenvalue weighted by Crippen LogP contribution is -2.22. The molecule has 1 atom stereocenters. The van der Waals surface area contributed by atoms with Crippen molar-refractivity contribution in [3.8, 4) is 5.75 Å². The normalized spacial score (nSPS) is 14.6. The lowest BCUT2D eigenvalue weighted by Gasteiger charge is -2.27. The molecule has 0 radical (unpaired) electrons. The van der Waals surface area contributed by atoms with Crippen LogP contribution in [0.1, 0.15) is 33.1 Å². The molecule has 0 bridgehead atoms. The molecule has 1 aromatic heterocycles. The highest BCUT2D eigenvalue weighted by atomic mass is 35.5. The van der Waals surface area contributed by atoms with Gasteiger partial charge in [-0.1, -0.05) is 59.6 Å². The maximum Gasteiger partial charge on any atom is 0.261 e. The minimum absolute atomic E-state index is 0.248. The number of carbonyl (C=O) groups is 1. The van der Waals surface area contributed by atoms with Crippen LogP contribution in [0, 0.1) is 6.92 Å². The van der Waals surface area contributed by atoms with E-state index in [1.807, 2.05) is 79.7 Å². The SMILES string of the molecule is COc1cccc(C2=C[C@@H](c3ccccc3Cl)n3ncc(C(=O)Nc4ccc(C)cc4)c3N2)c1. The molecule has 1 amide bonds. The number of halogens is 1. The van der Waals surface area contributed by atoms with Crippen molar-refractivity contribution >= 4 is 34.7 Å². The summed E-state index contributed by atoms with van der Waals surface area (Å²) < 4.78 is 7.20. The number of hydrogen-bond donors (Lipinski definition) is 2. The van der Waals surface area contributed by atoms with Crippen molar-refractivity contribution in [2.75, 3.05) is 17.7 Å². The highest BCUT2D eigenvalue weighted by molar-refractivity contribution is 6.31. The van der Waals surface area contributed by atoms with Gasteiger partial charge in [-0.15, -0.1) is 0 Å². The second kappa shape index (κ2) is 9.08. The largest absolute Gasteiger partial charge is 0.497 e. The van der Waals surface area contributed by atoms with Gasteiger partial charge in [-0.05, 0) is 48.9 Å². The number of fused-ring (bicyclic) bond motifs is 1. The van der Waals surface area contributed by atoms with Crippen LogP contribution in [0.3, 0.4) is 0 Å². The third-order valence-electron chi connectivity index (χ3n) is 5.80. The Bertz CT molecular complexity index is 1390. The number of hydrogen-bond acceptors (Lipinski definition) is 4. The van der Waals surface area contributed by atoms with Gasteiger partial charge in [0, 0.05) is 22.0 Å². The molecule has 0 saturated heterocycles. The molecular weight excluding hydrogens is 448 g/mol. The predicted molar refractivity (Wildman–Crippen MR) is 136 cm³/mol. The number of ether oxygens (including phenoxy) is 1. The quantitative estimate of drug-likeness (QED) is 0.366. The molecule has 4 aromatic rings. The first-order chi connectivity index (χ1) is 16.5. The minimum atomic E-state index is -0.299. The number of anilines is 2. The molecule has 0 unspecified atom stereocenters. The molecule has 0 fully saturated rings. The number of nitrogens with zero attached hydrogens (tertiary/aromatic N) is 2. The second-order valence-corrected chi connectivity index (χ2v) is 8.48. The highest BCUT2D eigenvalue weighted by Crippen LogP contribution is 2.38. The molecule has 7 heteroatoms. The molecule has 170 valence electrons. The van der Waals surface area contributed by atoms with Crippen molar-refractivity contribution in [3.05, 3.63) is 112 Å². The predicted octanol–water partition coefficient (Wildman–Crippen LogP) is 6.16. The van der Waals surface area contributed by atoms with E-state index in [1.54, 1.807) is 18.0 Å². The Morgan fingerprint density at radius 1 is 1.09 bits per heavy atom. The molecule has 3 aromatic carbocycles. The van der Waals surface area contributed by atoms with Gasteiger partial charge in [-0.25, -0.2) is 4.68 Å². The molecule has 2 N–H and O–H groups in total. The van der Waals surface area contributed by atoms with Crippen LogP contribution in [0.4, 0.5) is 11.5 Å². The molecule has 2 heterocycles. The number of aromatic nitrogens is 2. The zero-order valence-electron chi connectivity index (χ0n) is 18.7. The summed E-state index contributed by atoms with van der Waals surface area (Å²) >= 11 is 6.56. The van der Waals surface area contributed by atoms with Crippen LogP contribution in [-0.4, -0.2) is 22.8 Å². The smallest absolute Gasteiger partial charge is 0.261 e. The fourth-order valence-corrected chi connectivity index (χ4v) is 4.24. The van der Waals surface area contributed by atoms with Gasteiger partial charge >= 0.3 is 0 Å². The zero-order chi connectivity index (χ0) is 23.7. The number of rotatable bonds is 5. The maximum absolute atomic E-state index is 13.2. The summed E-state index contributed by atoms with van der Waals surface area (Å²) in [6, 6.07) is 22.8. The van der Waals surface area contributed by atoms with Gasteiger partial charge in [-0.3, -0.25) is 4.79 Å². The first kappa shape index (κ1) is 21.8. The summed E-state index contributed by atoms with van der Waals surface area (Å²) in [5.41, 5.74) is 4.93. The Kier molecular flexibility index (Phi) is 5.82. The Hall–Kier alpha value is -4.03. The van der Waals surface area contributed by atoms with Gasteiger partial charge in [0.1, 0.15) is 23.2 Å². The number of methoxy groups -OCH3 is 1. The molecule has 1 aliphatic heterocycles. The Morgan fingerprint density at radius 3 is 2.65 bits per heavy atom. The lowest BCUT2D eigenvalue weighted by atomic mass is 10.0. The van der Waals surface area contributed by atoms with Gasteiger partial charge in [0.2, 0.25) is 0 Å². The van der Waals surface area contributed by atoms with E-state index in [1.165, 1.54) is 0 Å². The number of amides is 1. The van der Waals surface area contributed by atoms with Gasteiger partial charge < -0.3 is 15.4 Å². The topological polar surface area (TPSA) is 68.2 Å². The van der Waals surface area contributed by atoms with Crippen LogP contribution >= 0.6 is 11.6 Å². The summed E-state index contributed by atoms with van der Waals surface area (Å²) in [6.45, 7) is 2.00. The summed E-state index contributed by atoms with van der Waals surface area (Å²) in [5.74, 6) is 1.09. The standard InChI is InChI=1S/C27H23ClN4O2/c1-17-10-12-19(13-11-17)30-27(33)22-16-29-32-25(21-8-3-4-9-23(21)28)15-24(31-26(22)32)18-6-5-7-20(14-18)34-2/h3-16,25,31H,1-2H3,(H,30,33)/t25-/m0/s1. The fourth-order valence-electron chi connectivity index (χ4n) is 3.99. The van der Waals surface area contributed by atoms with Crippen LogP contribution in [0.5, 0.6) is 5.75 Å². The number of benzene rings is 3. The molecule has 0 aliphatic carbocycles. The Morgan fingerprint density at radius 2 is 1.88 bits per heavy atom.